The molecule has 0 atom stereocenters. The largest absolute Gasteiger partial charge is 0.381 e. The molecule has 3 nitrogen and oxygen atoms in total. The molecule has 78 valence electrons. The van der Waals surface area contributed by atoms with Gasteiger partial charge in [-0.3, -0.25) is 0 Å². The van der Waals surface area contributed by atoms with Crippen LogP contribution in [0.25, 0.3) is 0 Å². The van der Waals surface area contributed by atoms with E-state index in [9.17, 15) is 0 Å². The molecule has 2 N–H and O–H groups in total. The molecule has 1 aromatic heterocycles. The van der Waals surface area contributed by atoms with E-state index < -0.39 is 0 Å². The van der Waals surface area contributed by atoms with Gasteiger partial charge in [0.1, 0.15) is 5.03 Å². The summed E-state index contributed by atoms with van der Waals surface area (Å²) in [5.41, 5.74) is 5.67. The summed E-state index contributed by atoms with van der Waals surface area (Å²) < 4.78 is 0. The van der Waals surface area contributed by atoms with Crippen LogP contribution in [0.15, 0.2) is 17.4 Å². The molecule has 0 amide bonds. The number of unbranched alkanes of at least 4 members (excludes halogenated alkanes) is 3. The van der Waals surface area contributed by atoms with Crippen LogP contribution in [0.2, 0.25) is 0 Å². The Bertz CT molecular complexity index is 265. The first kappa shape index (κ1) is 11.3. The minimum atomic E-state index is 0.549. The third-order valence-corrected chi connectivity index (χ3v) is 3.01. The Morgan fingerprint density at radius 2 is 2.00 bits per heavy atom. The van der Waals surface area contributed by atoms with Crippen molar-refractivity contribution in [1.29, 1.82) is 0 Å². The zero-order valence-electron chi connectivity index (χ0n) is 8.57. The molecule has 0 unspecified atom stereocenters. The molecule has 1 aromatic rings. The lowest BCUT2D eigenvalue weighted by atomic mass is 10.2. The molecule has 0 aromatic carbocycles. The molecule has 14 heavy (non-hydrogen) atoms. The van der Waals surface area contributed by atoms with E-state index in [1.54, 1.807) is 24.2 Å². The minimum absolute atomic E-state index is 0.549. The normalized spacial score (nSPS) is 10.4. The van der Waals surface area contributed by atoms with Crippen molar-refractivity contribution >= 4 is 17.6 Å². The number of hydrogen-bond acceptors (Lipinski definition) is 4. The summed E-state index contributed by atoms with van der Waals surface area (Å²) in [6, 6.07) is 0. The Morgan fingerprint density at radius 3 is 2.71 bits per heavy atom. The van der Waals surface area contributed by atoms with Crippen molar-refractivity contribution < 1.29 is 0 Å². The quantitative estimate of drug-likeness (QED) is 0.580. The van der Waals surface area contributed by atoms with Gasteiger partial charge in [0.15, 0.2) is 5.82 Å². The fourth-order valence-electron chi connectivity index (χ4n) is 1.14. The van der Waals surface area contributed by atoms with Gasteiger partial charge in [-0.1, -0.05) is 26.2 Å². The third-order valence-electron chi connectivity index (χ3n) is 1.93. The van der Waals surface area contributed by atoms with Crippen LogP contribution in [0.5, 0.6) is 0 Å². The zero-order chi connectivity index (χ0) is 10.2. The van der Waals surface area contributed by atoms with Crippen molar-refractivity contribution in [3.05, 3.63) is 12.4 Å². The Hall–Kier alpha value is -0.770. The van der Waals surface area contributed by atoms with Gasteiger partial charge in [-0.2, -0.15) is 0 Å². The molecule has 0 aliphatic rings. The molecule has 0 spiro atoms. The summed E-state index contributed by atoms with van der Waals surface area (Å²) in [7, 11) is 0. The van der Waals surface area contributed by atoms with Crippen LogP contribution in [-0.4, -0.2) is 15.7 Å². The number of rotatable bonds is 6. The predicted molar refractivity (Wildman–Crippen MR) is 61.3 cm³/mol. The van der Waals surface area contributed by atoms with Crippen molar-refractivity contribution in [1.82, 2.24) is 9.97 Å². The molecular formula is C10H17N3S. The fourth-order valence-corrected chi connectivity index (χ4v) is 2.02. The molecule has 1 heterocycles. The first-order valence-corrected chi connectivity index (χ1v) is 6.02. The van der Waals surface area contributed by atoms with Crippen LogP contribution in [0.4, 0.5) is 5.82 Å². The van der Waals surface area contributed by atoms with Gasteiger partial charge in [-0.25, -0.2) is 9.97 Å². The first-order valence-electron chi connectivity index (χ1n) is 5.04. The van der Waals surface area contributed by atoms with Crippen molar-refractivity contribution in [2.45, 2.75) is 37.6 Å². The Labute approximate surface area is 89.5 Å². The summed E-state index contributed by atoms with van der Waals surface area (Å²) in [6.07, 6.45) is 8.42. The SMILES string of the molecule is CCCCCCSc1nccnc1N. The van der Waals surface area contributed by atoms with Gasteiger partial charge >= 0.3 is 0 Å². The van der Waals surface area contributed by atoms with Crippen LogP contribution in [-0.2, 0) is 0 Å². The van der Waals surface area contributed by atoms with E-state index >= 15 is 0 Å². The van der Waals surface area contributed by atoms with Crippen LogP contribution in [0, 0.1) is 0 Å². The molecule has 0 aliphatic carbocycles. The first-order chi connectivity index (χ1) is 6.84. The van der Waals surface area contributed by atoms with Crippen molar-refractivity contribution in [2.75, 3.05) is 11.5 Å². The highest BCUT2D eigenvalue weighted by atomic mass is 32.2. The Kier molecular flexibility index (Phi) is 5.37. The highest BCUT2D eigenvalue weighted by molar-refractivity contribution is 7.99. The second-order valence-corrected chi connectivity index (χ2v) is 4.24. The second kappa shape index (κ2) is 6.65. The highest BCUT2D eigenvalue weighted by Crippen LogP contribution is 2.21. The lowest BCUT2D eigenvalue weighted by molar-refractivity contribution is 0.706. The average molecular weight is 211 g/mol. The van der Waals surface area contributed by atoms with Gasteiger partial charge in [-0.15, -0.1) is 11.8 Å². The summed E-state index contributed by atoms with van der Waals surface area (Å²) in [5.74, 6) is 1.64. The molecule has 0 saturated heterocycles. The van der Waals surface area contributed by atoms with Crippen LogP contribution in [0.3, 0.4) is 0 Å². The number of nitrogens with two attached hydrogens (primary N) is 1. The molecule has 1 rings (SSSR count). The molecule has 0 saturated carbocycles. The van der Waals surface area contributed by atoms with Crippen LogP contribution < -0.4 is 5.73 Å². The van der Waals surface area contributed by atoms with E-state index in [1.165, 1.54) is 25.7 Å². The predicted octanol–water partition coefficient (Wildman–Crippen LogP) is 2.73. The summed E-state index contributed by atoms with van der Waals surface area (Å²) in [5, 5.41) is 0.865. The number of hydrogen-bond donors (Lipinski definition) is 1. The van der Waals surface area contributed by atoms with Crippen molar-refractivity contribution in [3.8, 4) is 0 Å². The topological polar surface area (TPSA) is 51.8 Å². The van der Waals surface area contributed by atoms with Gasteiger partial charge < -0.3 is 5.73 Å². The lowest BCUT2D eigenvalue weighted by Gasteiger charge is -2.02. The molecule has 4 heteroatoms. The molecule has 0 radical (unpaired) electrons. The Morgan fingerprint density at radius 1 is 1.21 bits per heavy atom. The maximum absolute atomic E-state index is 5.67. The van der Waals surface area contributed by atoms with E-state index in [0.29, 0.717) is 5.82 Å². The van der Waals surface area contributed by atoms with Crippen molar-refractivity contribution in [3.63, 3.8) is 0 Å². The van der Waals surface area contributed by atoms with Crippen molar-refractivity contribution in [2.24, 2.45) is 0 Å². The highest BCUT2D eigenvalue weighted by Gasteiger charge is 2.00. The van der Waals surface area contributed by atoms with Crippen LogP contribution in [0.1, 0.15) is 32.6 Å². The second-order valence-electron chi connectivity index (χ2n) is 3.16. The maximum atomic E-state index is 5.67. The standard InChI is InChI=1S/C10H17N3S/c1-2-3-4-5-8-14-10-9(11)12-6-7-13-10/h6-7H,2-5,8H2,1H3,(H2,11,12). The smallest absolute Gasteiger partial charge is 0.156 e. The lowest BCUT2D eigenvalue weighted by Crippen LogP contribution is -1.95. The third kappa shape index (κ3) is 3.96. The maximum Gasteiger partial charge on any atom is 0.156 e. The van der Waals surface area contributed by atoms with E-state index in [-0.39, 0.29) is 0 Å². The fraction of sp³-hybridized carbons (Fsp3) is 0.600. The van der Waals surface area contributed by atoms with E-state index in [2.05, 4.69) is 16.9 Å². The molecular weight excluding hydrogens is 194 g/mol. The van der Waals surface area contributed by atoms with E-state index in [4.69, 9.17) is 5.73 Å². The molecule has 0 aliphatic heterocycles. The Balaban J connectivity index is 2.21. The number of anilines is 1. The molecule has 0 bridgehead atoms. The average Bonchev–Trinajstić information content (AvgIpc) is 2.20. The van der Waals surface area contributed by atoms with Gasteiger partial charge in [0.25, 0.3) is 0 Å². The number of aromatic nitrogens is 2. The number of nitrogens with zero attached hydrogens (tertiary/aromatic N) is 2. The zero-order valence-corrected chi connectivity index (χ0v) is 9.39. The number of thioether (sulfide) groups is 1. The molecule has 0 fully saturated rings. The van der Waals surface area contributed by atoms with Crippen LogP contribution >= 0.6 is 11.8 Å². The monoisotopic (exact) mass is 211 g/mol. The number of nitrogen functional groups attached to an aromatic ring is 1. The van der Waals surface area contributed by atoms with Gasteiger partial charge in [0.05, 0.1) is 0 Å². The summed E-state index contributed by atoms with van der Waals surface area (Å²) >= 11 is 1.70. The van der Waals surface area contributed by atoms with E-state index in [0.717, 1.165) is 10.8 Å². The van der Waals surface area contributed by atoms with Gasteiger partial charge in [0, 0.05) is 12.4 Å². The van der Waals surface area contributed by atoms with Gasteiger partial charge in [-0.05, 0) is 12.2 Å². The summed E-state index contributed by atoms with van der Waals surface area (Å²) in [4.78, 5) is 8.16. The minimum Gasteiger partial charge on any atom is -0.381 e. The summed E-state index contributed by atoms with van der Waals surface area (Å²) in [6.45, 7) is 2.22. The van der Waals surface area contributed by atoms with E-state index in [1.807, 2.05) is 0 Å². The van der Waals surface area contributed by atoms with Gasteiger partial charge in [0.2, 0.25) is 0 Å².